The monoisotopic (exact) mass is 303 g/mol. The highest BCUT2D eigenvalue weighted by Crippen LogP contribution is 2.11. The van der Waals surface area contributed by atoms with Gasteiger partial charge in [0.1, 0.15) is 5.78 Å². The number of benzene rings is 1. The molecule has 1 aromatic carbocycles. The van der Waals surface area contributed by atoms with Crippen LogP contribution in [0.15, 0.2) is 47.2 Å². The normalized spacial score (nSPS) is 10.3. The summed E-state index contributed by atoms with van der Waals surface area (Å²) < 4.78 is 0.906. The topological polar surface area (TPSA) is 30.0 Å². The van der Waals surface area contributed by atoms with Gasteiger partial charge in [-0.05, 0) is 40.0 Å². The molecule has 3 heteroatoms. The van der Waals surface area contributed by atoms with E-state index in [0.717, 1.165) is 15.6 Å². The molecule has 1 heterocycles. The Morgan fingerprint density at radius 1 is 1.11 bits per heavy atom. The largest absolute Gasteiger partial charge is 0.299 e. The molecule has 0 aliphatic heterocycles. The molecule has 0 aliphatic carbocycles. The van der Waals surface area contributed by atoms with E-state index < -0.39 is 0 Å². The van der Waals surface area contributed by atoms with Gasteiger partial charge in [-0.2, -0.15) is 0 Å². The van der Waals surface area contributed by atoms with Gasteiger partial charge in [-0.1, -0.05) is 29.8 Å². The molecule has 0 N–H and O–H groups in total. The number of nitrogens with zero attached hydrogens (tertiary/aromatic N) is 1. The van der Waals surface area contributed by atoms with E-state index in [1.54, 1.807) is 12.4 Å². The Balaban J connectivity index is 1.98. The highest BCUT2D eigenvalue weighted by molar-refractivity contribution is 9.10. The van der Waals surface area contributed by atoms with Gasteiger partial charge in [0.15, 0.2) is 0 Å². The highest BCUT2D eigenvalue weighted by Gasteiger charge is 2.06. The molecule has 0 radical (unpaired) electrons. The summed E-state index contributed by atoms with van der Waals surface area (Å²) in [6.45, 7) is 2.04. The van der Waals surface area contributed by atoms with Crippen molar-refractivity contribution < 1.29 is 4.79 Å². The molecule has 0 amide bonds. The first kappa shape index (κ1) is 13.0. The molecule has 0 unspecified atom stereocenters. The predicted molar refractivity (Wildman–Crippen MR) is 75.5 cm³/mol. The van der Waals surface area contributed by atoms with Gasteiger partial charge in [0.05, 0.1) is 0 Å². The minimum absolute atomic E-state index is 0.207. The van der Waals surface area contributed by atoms with Crippen molar-refractivity contribution in [3.63, 3.8) is 0 Å². The van der Waals surface area contributed by atoms with E-state index in [0.29, 0.717) is 12.8 Å². The average molecular weight is 304 g/mol. The zero-order valence-electron chi connectivity index (χ0n) is 10.2. The van der Waals surface area contributed by atoms with Gasteiger partial charge in [0, 0.05) is 29.7 Å². The number of halogens is 1. The number of Topliss-reactive ketones (excluding diaryl/α,β-unsaturated/α-hetero) is 1. The molecular formula is C15H14BrNO. The molecule has 0 bridgehead atoms. The summed E-state index contributed by atoms with van der Waals surface area (Å²) in [7, 11) is 0. The lowest BCUT2D eigenvalue weighted by Gasteiger charge is -2.03. The minimum atomic E-state index is 0.207. The number of hydrogen-bond donors (Lipinski definition) is 0. The third kappa shape index (κ3) is 3.77. The maximum Gasteiger partial charge on any atom is 0.141 e. The van der Waals surface area contributed by atoms with E-state index in [1.165, 1.54) is 5.56 Å². The van der Waals surface area contributed by atoms with Crippen LogP contribution in [0.2, 0.25) is 0 Å². The molecule has 92 valence electrons. The average Bonchev–Trinajstić information content (AvgIpc) is 2.32. The second-order valence-electron chi connectivity index (χ2n) is 4.39. The molecule has 0 saturated carbocycles. The van der Waals surface area contributed by atoms with Crippen LogP contribution in [0.4, 0.5) is 0 Å². The fourth-order valence-electron chi connectivity index (χ4n) is 1.78. The number of aromatic nitrogens is 1. The lowest BCUT2D eigenvalue weighted by Crippen LogP contribution is -2.06. The Morgan fingerprint density at radius 2 is 1.78 bits per heavy atom. The molecule has 0 saturated heterocycles. The number of carbonyl (C=O) groups excluding carboxylic acids is 1. The SMILES string of the molecule is Cc1ccc(CC(=O)Cc2cncc(Br)c2)cc1. The maximum atomic E-state index is 11.9. The number of pyridine rings is 1. The molecule has 2 rings (SSSR count). The fourth-order valence-corrected chi connectivity index (χ4v) is 2.19. The van der Waals surface area contributed by atoms with E-state index in [-0.39, 0.29) is 5.78 Å². The van der Waals surface area contributed by atoms with Crippen LogP contribution < -0.4 is 0 Å². The maximum absolute atomic E-state index is 11.9. The van der Waals surface area contributed by atoms with Crippen molar-refractivity contribution in [2.45, 2.75) is 19.8 Å². The van der Waals surface area contributed by atoms with Gasteiger partial charge in [-0.25, -0.2) is 0 Å². The molecule has 18 heavy (non-hydrogen) atoms. The number of ketones is 1. The molecule has 0 fully saturated rings. The van der Waals surface area contributed by atoms with Crippen LogP contribution in [0, 0.1) is 6.92 Å². The number of carbonyl (C=O) groups is 1. The summed E-state index contributed by atoms with van der Waals surface area (Å²) in [5.41, 5.74) is 3.22. The van der Waals surface area contributed by atoms with E-state index in [2.05, 4.69) is 20.9 Å². The first-order chi connectivity index (χ1) is 8.63. The fraction of sp³-hybridized carbons (Fsp3) is 0.200. The standard InChI is InChI=1S/C15H14BrNO/c1-11-2-4-12(5-3-11)7-15(18)8-13-6-14(16)10-17-9-13/h2-6,9-10H,7-8H2,1H3. The van der Waals surface area contributed by atoms with Gasteiger partial charge in [0.2, 0.25) is 0 Å². The van der Waals surface area contributed by atoms with Crippen LogP contribution in [0.5, 0.6) is 0 Å². The van der Waals surface area contributed by atoms with Gasteiger partial charge < -0.3 is 0 Å². The highest BCUT2D eigenvalue weighted by atomic mass is 79.9. The zero-order valence-corrected chi connectivity index (χ0v) is 11.8. The van der Waals surface area contributed by atoms with Crippen molar-refractivity contribution >= 4 is 21.7 Å². The van der Waals surface area contributed by atoms with Crippen molar-refractivity contribution in [2.24, 2.45) is 0 Å². The third-order valence-corrected chi connectivity index (χ3v) is 3.12. The van der Waals surface area contributed by atoms with Gasteiger partial charge >= 0.3 is 0 Å². The molecule has 0 aliphatic rings. The quantitative estimate of drug-likeness (QED) is 0.865. The Hall–Kier alpha value is -1.48. The zero-order chi connectivity index (χ0) is 13.0. The summed E-state index contributed by atoms with van der Waals surface area (Å²) in [6, 6.07) is 10.0. The molecule has 2 nitrogen and oxygen atoms in total. The molecule has 0 atom stereocenters. The van der Waals surface area contributed by atoms with Gasteiger partial charge in [-0.3, -0.25) is 9.78 Å². The van der Waals surface area contributed by atoms with Crippen LogP contribution in [-0.4, -0.2) is 10.8 Å². The number of aryl methyl sites for hydroxylation is 1. The van der Waals surface area contributed by atoms with Crippen LogP contribution in [-0.2, 0) is 17.6 Å². The Labute approximate surface area is 115 Å². The summed E-state index contributed by atoms with van der Waals surface area (Å²) in [5.74, 6) is 0.207. The van der Waals surface area contributed by atoms with E-state index >= 15 is 0 Å². The second-order valence-corrected chi connectivity index (χ2v) is 5.30. The van der Waals surface area contributed by atoms with Crippen LogP contribution in [0.1, 0.15) is 16.7 Å². The summed E-state index contributed by atoms with van der Waals surface area (Å²) >= 11 is 3.35. The lowest BCUT2D eigenvalue weighted by molar-refractivity contribution is -0.117. The smallest absolute Gasteiger partial charge is 0.141 e. The van der Waals surface area contributed by atoms with Crippen molar-refractivity contribution in [1.82, 2.24) is 4.98 Å². The first-order valence-electron chi connectivity index (χ1n) is 5.80. The molecule has 1 aromatic heterocycles. The Kier molecular flexibility index (Phi) is 4.26. The van der Waals surface area contributed by atoms with Crippen LogP contribution in [0.25, 0.3) is 0 Å². The Bertz CT molecular complexity index is 549. The van der Waals surface area contributed by atoms with Crippen LogP contribution >= 0.6 is 15.9 Å². The molecule has 2 aromatic rings. The van der Waals surface area contributed by atoms with Gasteiger partial charge in [0.25, 0.3) is 0 Å². The van der Waals surface area contributed by atoms with E-state index in [4.69, 9.17) is 0 Å². The number of rotatable bonds is 4. The van der Waals surface area contributed by atoms with Crippen LogP contribution in [0.3, 0.4) is 0 Å². The second kappa shape index (κ2) is 5.91. The van der Waals surface area contributed by atoms with Crippen molar-refractivity contribution in [2.75, 3.05) is 0 Å². The third-order valence-electron chi connectivity index (χ3n) is 2.68. The summed E-state index contributed by atoms with van der Waals surface area (Å²) in [4.78, 5) is 16.0. The number of hydrogen-bond acceptors (Lipinski definition) is 2. The summed E-state index contributed by atoms with van der Waals surface area (Å²) in [5, 5.41) is 0. The minimum Gasteiger partial charge on any atom is -0.299 e. The van der Waals surface area contributed by atoms with Crippen molar-refractivity contribution in [3.8, 4) is 0 Å². The predicted octanol–water partition coefficient (Wildman–Crippen LogP) is 3.51. The molecular weight excluding hydrogens is 290 g/mol. The lowest BCUT2D eigenvalue weighted by atomic mass is 10.0. The first-order valence-corrected chi connectivity index (χ1v) is 6.59. The van der Waals surface area contributed by atoms with E-state index in [9.17, 15) is 4.79 Å². The Morgan fingerprint density at radius 3 is 2.44 bits per heavy atom. The molecule has 0 spiro atoms. The van der Waals surface area contributed by atoms with Gasteiger partial charge in [-0.15, -0.1) is 0 Å². The summed E-state index contributed by atoms with van der Waals surface area (Å²) in [6.07, 6.45) is 4.36. The van der Waals surface area contributed by atoms with Crippen molar-refractivity contribution in [3.05, 3.63) is 63.9 Å². The van der Waals surface area contributed by atoms with Crippen molar-refractivity contribution in [1.29, 1.82) is 0 Å². The van der Waals surface area contributed by atoms with E-state index in [1.807, 2.05) is 37.3 Å².